The van der Waals surface area contributed by atoms with Crippen LogP contribution in [0, 0.1) is 0 Å². The van der Waals surface area contributed by atoms with E-state index in [4.69, 9.17) is 0 Å². The van der Waals surface area contributed by atoms with E-state index in [9.17, 15) is 22.8 Å². The summed E-state index contributed by atoms with van der Waals surface area (Å²) >= 11 is 0. The van der Waals surface area contributed by atoms with Crippen molar-refractivity contribution in [3.8, 4) is 0 Å². The molecule has 1 saturated carbocycles. The number of hydrogen-bond acceptors (Lipinski definition) is 6. The van der Waals surface area contributed by atoms with E-state index in [0.29, 0.717) is 31.1 Å². The number of rotatable bonds is 5. The van der Waals surface area contributed by atoms with E-state index in [2.05, 4.69) is 25.2 Å². The number of carbonyl (C=O) groups is 1. The fourth-order valence-electron chi connectivity index (χ4n) is 5.93. The van der Waals surface area contributed by atoms with Crippen molar-refractivity contribution in [3.05, 3.63) is 51.5 Å². The highest BCUT2D eigenvalue weighted by Gasteiger charge is 2.59. The maximum Gasteiger partial charge on any atom is 0.435 e. The molecule has 3 saturated heterocycles. The summed E-state index contributed by atoms with van der Waals surface area (Å²) in [7, 11) is 1.36. The summed E-state index contributed by atoms with van der Waals surface area (Å²) in [5.41, 5.74) is -0.776. The summed E-state index contributed by atoms with van der Waals surface area (Å²) in [6, 6.07) is 3.38. The average Bonchev–Trinajstić information content (AvgIpc) is 3.40. The highest BCUT2D eigenvalue weighted by molar-refractivity contribution is 5.92. The number of amides is 1. The van der Waals surface area contributed by atoms with Crippen LogP contribution in [0.2, 0.25) is 0 Å². The number of halogens is 3. The number of aromatic amines is 1. The van der Waals surface area contributed by atoms with Crippen LogP contribution in [0.1, 0.15) is 60.2 Å². The predicted octanol–water partition coefficient (Wildman–Crippen LogP) is 2.49. The number of anilines is 1. The van der Waals surface area contributed by atoms with E-state index in [1.807, 2.05) is 6.92 Å². The zero-order valence-electron chi connectivity index (χ0n) is 19.8. The molecule has 2 N–H and O–H groups in total. The highest BCUT2D eigenvalue weighted by Crippen LogP contribution is 2.53. The minimum absolute atomic E-state index is 0.0172. The zero-order valence-corrected chi connectivity index (χ0v) is 19.8. The average molecular weight is 491 g/mol. The number of hydrogen-bond donors (Lipinski definition) is 2. The normalized spacial score (nSPS) is 24.9. The third-order valence-electron chi connectivity index (χ3n) is 7.84. The summed E-state index contributed by atoms with van der Waals surface area (Å²) in [6.45, 7) is 3.70. The first kappa shape index (κ1) is 23.8. The van der Waals surface area contributed by atoms with Crippen LogP contribution in [0.25, 0.3) is 0 Å². The van der Waals surface area contributed by atoms with E-state index in [0.717, 1.165) is 38.1 Å². The van der Waals surface area contributed by atoms with Gasteiger partial charge in [-0.25, -0.2) is 9.97 Å². The van der Waals surface area contributed by atoms with E-state index in [1.165, 1.54) is 19.2 Å². The van der Waals surface area contributed by atoms with Crippen LogP contribution in [-0.2, 0) is 18.0 Å². The van der Waals surface area contributed by atoms with Gasteiger partial charge in [0.15, 0.2) is 5.69 Å². The Bertz CT molecular complexity index is 1180. The summed E-state index contributed by atoms with van der Waals surface area (Å²) in [4.78, 5) is 39.5. The number of piperidine rings is 1. The monoisotopic (exact) mass is 490 g/mol. The fourth-order valence-corrected chi connectivity index (χ4v) is 5.93. The van der Waals surface area contributed by atoms with E-state index in [1.54, 1.807) is 11.1 Å². The molecule has 2 aromatic heterocycles. The van der Waals surface area contributed by atoms with Gasteiger partial charge in [0.1, 0.15) is 11.5 Å². The molecule has 3 aliphatic heterocycles. The van der Waals surface area contributed by atoms with Gasteiger partial charge < -0.3 is 15.2 Å². The molecule has 8 nitrogen and oxygen atoms in total. The molecule has 2 aromatic rings. The summed E-state index contributed by atoms with van der Waals surface area (Å²) < 4.78 is 41.2. The van der Waals surface area contributed by atoms with E-state index < -0.39 is 17.8 Å². The molecule has 188 valence electrons. The Morgan fingerprint density at radius 1 is 1.23 bits per heavy atom. The van der Waals surface area contributed by atoms with Crippen molar-refractivity contribution in [1.82, 2.24) is 25.2 Å². The van der Waals surface area contributed by atoms with Crippen molar-refractivity contribution in [3.63, 3.8) is 0 Å². The minimum atomic E-state index is -4.66. The lowest BCUT2D eigenvalue weighted by molar-refractivity contribution is -0.140. The van der Waals surface area contributed by atoms with Crippen molar-refractivity contribution < 1.29 is 18.0 Å². The van der Waals surface area contributed by atoms with Crippen LogP contribution < -0.4 is 15.8 Å². The van der Waals surface area contributed by atoms with Crippen molar-refractivity contribution in [2.75, 3.05) is 31.6 Å². The fraction of sp³-hybridized carbons (Fsp3) is 0.583. The van der Waals surface area contributed by atoms with Gasteiger partial charge in [-0.05, 0) is 44.2 Å². The standard InChI is InChI=1S/C24H29F3N6O2/c1-3-14-12-29-22(31-20(14)34)23-10-16(11-23)33(13-23)15-6-8-32(9-7-15)18-5-4-17(21(35)28-2)30-19(18)24(25,26)27/h4-5,12,15-16H,3,6-11,13H2,1-2H3,(H,28,35)(H,29,31,34). The molecule has 4 aliphatic rings. The minimum Gasteiger partial charge on any atom is -0.370 e. The van der Waals surface area contributed by atoms with Gasteiger partial charge in [0.25, 0.3) is 11.5 Å². The summed E-state index contributed by atoms with van der Waals surface area (Å²) in [5, 5.41) is 2.32. The Kier molecular flexibility index (Phi) is 5.85. The smallest absolute Gasteiger partial charge is 0.370 e. The number of H-pyrrole nitrogens is 1. The molecule has 0 spiro atoms. The molecule has 0 aromatic carbocycles. The van der Waals surface area contributed by atoms with Gasteiger partial charge >= 0.3 is 6.18 Å². The quantitative estimate of drug-likeness (QED) is 0.669. The molecular weight excluding hydrogens is 461 g/mol. The van der Waals surface area contributed by atoms with Crippen molar-refractivity contribution in [1.29, 1.82) is 0 Å². The van der Waals surface area contributed by atoms with Gasteiger partial charge in [0.05, 0.1) is 5.69 Å². The summed E-state index contributed by atoms with van der Waals surface area (Å²) in [6.07, 6.45) is 1.03. The Hall–Kier alpha value is -2.95. The number of aryl methyl sites for hydroxylation is 1. The zero-order chi connectivity index (χ0) is 25.0. The second-order valence-electron chi connectivity index (χ2n) is 9.81. The lowest BCUT2D eigenvalue weighted by Gasteiger charge is -2.40. The Morgan fingerprint density at radius 3 is 2.54 bits per heavy atom. The molecule has 5 heterocycles. The molecule has 35 heavy (non-hydrogen) atoms. The second kappa shape index (κ2) is 8.61. The summed E-state index contributed by atoms with van der Waals surface area (Å²) in [5.74, 6) is 0.107. The first-order valence-corrected chi connectivity index (χ1v) is 12.0. The van der Waals surface area contributed by atoms with Gasteiger partial charge in [0, 0.05) is 55.9 Å². The molecule has 1 amide bonds. The number of nitrogens with zero attached hydrogens (tertiary/aromatic N) is 4. The number of fused-ring (bicyclic) bond motifs is 1. The molecule has 0 radical (unpaired) electrons. The predicted molar refractivity (Wildman–Crippen MR) is 124 cm³/mol. The van der Waals surface area contributed by atoms with Crippen LogP contribution >= 0.6 is 0 Å². The van der Waals surface area contributed by atoms with Gasteiger partial charge in [-0.1, -0.05) is 6.92 Å². The number of carbonyl (C=O) groups excluding carboxylic acids is 1. The molecule has 1 aliphatic carbocycles. The van der Waals surface area contributed by atoms with Crippen molar-refractivity contribution in [2.45, 2.75) is 62.7 Å². The maximum absolute atomic E-state index is 13.7. The number of alkyl halides is 3. The first-order valence-electron chi connectivity index (χ1n) is 12.0. The highest BCUT2D eigenvalue weighted by atomic mass is 19.4. The van der Waals surface area contributed by atoms with Crippen LogP contribution in [0.15, 0.2) is 23.1 Å². The molecular formula is C24H29F3N6O2. The molecule has 11 heteroatoms. The third-order valence-corrected chi connectivity index (χ3v) is 7.84. The van der Waals surface area contributed by atoms with E-state index in [-0.39, 0.29) is 28.4 Å². The lowest BCUT2D eigenvalue weighted by Crippen LogP contribution is -2.46. The van der Waals surface area contributed by atoms with Crippen LogP contribution in [-0.4, -0.2) is 64.5 Å². The van der Waals surface area contributed by atoms with Crippen molar-refractivity contribution >= 4 is 11.6 Å². The largest absolute Gasteiger partial charge is 0.435 e. The van der Waals surface area contributed by atoms with Gasteiger partial charge in [-0.2, -0.15) is 13.2 Å². The van der Waals surface area contributed by atoms with Gasteiger partial charge in [-0.15, -0.1) is 0 Å². The van der Waals surface area contributed by atoms with Gasteiger partial charge in [-0.3, -0.25) is 14.5 Å². The Labute approximate surface area is 200 Å². The third kappa shape index (κ3) is 4.09. The maximum atomic E-state index is 13.7. The van der Waals surface area contributed by atoms with Crippen molar-refractivity contribution in [2.24, 2.45) is 0 Å². The SMILES string of the molecule is CCc1cnc(C23CC(C2)N(C2CCN(c4ccc(C(=O)NC)nc4C(F)(F)F)CC2)C3)[nH]c1=O. The molecule has 2 bridgehead atoms. The molecule has 0 atom stereocenters. The Morgan fingerprint density at radius 2 is 1.94 bits per heavy atom. The topological polar surface area (TPSA) is 94.2 Å². The van der Waals surface area contributed by atoms with E-state index >= 15 is 0 Å². The van der Waals surface area contributed by atoms with Crippen LogP contribution in [0.5, 0.6) is 0 Å². The number of nitrogens with one attached hydrogen (secondary N) is 2. The number of pyridine rings is 1. The Balaban J connectivity index is 1.28. The molecule has 0 unspecified atom stereocenters. The first-order chi connectivity index (χ1) is 16.6. The molecule has 4 fully saturated rings. The second-order valence-corrected chi connectivity index (χ2v) is 9.81. The van der Waals surface area contributed by atoms with Crippen LogP contribution in [0.3, 0.4) is 0 Å². The molecule has 6 rings (SSSR count). The number of aromatic nitrogens is 3. The van der Waals surface area contributed by atoms with Crippen LogP contribution in [0.4, 0.5) is 18.9 Å². The van der Waals surface area contributed by atoms with Gasteiger partial charge in [0.2, 0.25) is 0 Å². The lowest BCUT2D eigenvalue weighted by atomic mass is 9.69.